The molecule has 0 saturated carbocycles. The van der Waals surface area contributed by atoms with Gasteiger partial charge in [-0.1, -0.05) is 35.5 Å². The quantitative estimate of drug-likeness (QED) is 0.592. The number of para-hydroxylation sites is 1. The van der Waals surface area contributed by atoms with Gasteiger partial charge in [0.1, 0.15) is 16.8 Å². The standard InChI is InChI=1S/C16H11ClN4O3S2/c17-11-3-1-2-4-12(11)23-8-14-20-21-16(24-14)26-9-13(22)19-15-10(7-18)5-6-25-15/h1-6H,8-9H2,(H,19,22). The molecule has 3 rings (SSSR count). The fourth-order valence-corrected chi connectivity index (χ4v) is 3.36. The van der Waals surface area contributed by atoms with E-state index in [9.17, 15) is 4.79 Å². The van der Waals surface area contributed by atoms with E-state index in [1.807, 2.05) is 6.07 Å². The number of nitriles is 1. The molecule has 3 aromatic rings. The summed E-state index contributed by atoms with van der Waals surface area (Å²) >= 11 is 8.39. The number of nitrogens with zero attached hydrogens (tertiary/aromatic N) is 3. The summed E-state index contributed by atoms with van der Waals surface area (Å²) in [7, 11) is 0. The fourth-order valence-electron chi connectivity index (χ4n) is 1.84. The number of benzene rings is 1. The van der Waals surface area contributed by atoms with Gasteiger partial charge in [0.15, 0.2) is 6.61 Å². The summed E-state index contributed by atoms with van der Waals surface area (Å²) in [5.74, 6) is 0.611. The number of aromatic nitrogens is 2. The number of ether oxygens (including phenoxy) is 1. The van der Waals surface area contributed by atoms with Crippen LogP contribution in [0, 0.1) is 11.3 Å². The van der Waals surface area contributed by atoms with Crippen molar-refractivity contribution in [2.75, 3.05) is 11.1 Å². The number of carbonyl (C=O) groups excluding carboxylic acids is 1. The normalized spacial score (nSPS) is 10.3. The smallest absolute Gasteiger partial charge is 0.277 e. The molecule has 7 nitrogen and oxygen atoms in total. The van der Waals surface area contributed by atoms with Crippen molar-refractivity contribution in [3.8, 4) is 11.8 Å². The number of rotatable bonds is 7. The molecule has 1 aromatic carbocycles. The highest BCUT2D eigenvalue weighted by Gasteiger charge is 2.13. The Labute approximate surface area is 161 Å². The van der Waals surface area contributed by atoms with E-state index >= 15 is 0 Å². The molecule has 1 N–H and O–H groups in total. The van der Waals surface area contributed by atoms with Crippen molar-refractivity contribution in [2.45, 2.75) is 11.8 Å². The lowest BCUT2D eigenvalue weighted by atomic mass is 10.3. The summed E-state index contributed by atoms with van der Waals surface area (Å²) in [6, 6.07) is 10.7. The molecule has 0 saturated heterocycles. The molecule has 0 bridgehead atoms. The van der Waals surface area contributed by atoms with Crippen molar-refractivity contribution < 1.29 is 13.9 Å². The second-order valence-corrected chi connectivity index (χ2v) is 7.04. The summed E-state index contributed by atoms with van der Waals surface area (Å²) in [6.07, 6.45) is 0. The van der Waals surface area contributed by atoms with Gasteiger partial charge in [-0.25, -0.2) is 0 Å². The highest BCUT2D eigenvalue weighted by Crippen LogP contribution is 2.25. The van der Waals surface area contributed by atoms with Crippen LogP contribution in [0.3, 0.4) is 0 Å². The zero-order chi connectivity index (χ0) is 18.4. The Balaban J connectivity index is 1.48. The van der Waals surface area contributed by atoms with Crippen LogP contribution in [-0.4, -0.2) is 21.9 Å². The summed E-state index contributed by atoms with van der Waals surface area (Å²) in [5, 5.41) is 22.3. The third kappa shape index (κ3) is 4.76. The Morgan fingerprint density at radius 2 is 2.23 bits per heavy atom. The van der Waals surface area contributed by atoms with Gasteiger partial charge in [0.25, 0.3) is 11.1 Å². The minimum Gasteiger partial charge on any atom is -0.482 e. The maximum absolute atomic E-state index is 11.9. The predicted octanol–water partition coefficient (Wildman–Crippen LogP) is 3.97. The first-order valence-electron chi connectivity index (χ1n) is 7.25. The lowest BCUT2D eigenvalue weighted by molar-refractivity contribution is -0.113. The molecule has 132 valence electrons. The van der Waals surface area contributed by atoms with E-state index in [-0.39, 0.29) is 29.4 Å². The molecule has 0 aliphatic rings. The highest BCUT2D eigenvalue weighted by atomic mass is 35.5. The number of anilines is 1. The van der Waals surface area contributed by atoms with E-state index in [2.05, 4.69) is 15.5 Å². The predicted molar refractivity (Wildman–Crippen MR) is 98.5 cm³/mol. The SMILES string of the molecule is N#Cc1ccsc1NC(=O)CSc1nnc(COc2ccccc2Cl)o1. The van der Waals surface area contributed by atoms with Gasteiger partial charge in [-0.2, -0.15) is 5.26 Å². The molecule has 2 heterocycles. The fraction of sp³-hybridized carbons (Fsp3) is 0.125. The topological polar surface area (TPSA) is 101 Å². The van der Waals surface area contributed by atoms with Crippen molar-refractivity contribution in [1.29, 1.82) is 5.26 Å². The van der Waals surface area contributed by atoms with Crippen LogP contribution >= 0.6 is 34.7 Å². The lowest BCUT2D eigenvalue weighted by Crippen LogP contribution is -2.13. The number of thiophene rings is 1. The molecular formula is C16H11ClN4O3S2. The van der Waals surface area contributed by atoms with Crippen molar-refractivity contribution in [2.24, 2.45) is 0 Å². The largest absolute Gasteiger partial charge is 0.482 e. The second kappa shape index (κ2) is 8.71. The zero-order valence-corrected chi connectivity index (χ0v) is 15.5. The van der Waals surface area contributed by atoms with Gasteiger partial charge < -0.3 is 14.5 Å². The molecule has 0 fully saturated rings. The Bertz CT molecular complexity index is 951. The molecule has 0 unspecified atom stereocenters. The minimum atomic E-state index is -0.263. The average molecular weight is 407 g/mol. The van der Waals surface area contributed by atoms with Crippen LogP contribution in [-0.2, 0) is 11.4 Å². The molecule has 0 aliphatic heterocycles. The Morgan fingerprint density at radius 3 is 3.04 bits per heavy atom. The molecule has 1 amide bonds. The Kier molecular flexibility index (Phi) is 6.12. The van der Waals surface area contributed by atoms with Gasteiger partial charge in [0, 0.05) is 0 Å². The average Bonchev–Trinajstić information content (AvgIpc) is 3.28. The van der Waals surface area contributed by atoms with Crippen molar-refractivity contribution >= 4 is 45.6 Å². The van der Waals surface area contributed by atoms with Crippen molar-refractivity contribution in [3.05, 3.63) is 52.2 Å². The van der Waals surface area contributed by atoms with E-state index in [0.717, 1.165) is 11.8 Å². The molecular weight excluding hydrogens is 396 g/mol. The molecule has 10 heteroatoms. The molecule has 0 spiro atoms. The third-order valence-electron chi connectivity index (χ3n) is 3.00. The number of amides is 1. The van der Waals surface area contributed by atoms with Gasteiger partial charge in [0.05, 0.1) is 16.3 Å². The van der Waals surface area contributed by atoms with Gasteiger partial charge in [-0.3, -0.25) is 4.79 Å². The van der Waals surface area contributed by atoms with Gasteiger partial charge in [0.2, 0.25) is 5.91 Å². The zero-order valence-electron chi connectivity index (χ0n) is 13.1. The first-order chi connectivity index (χ1) is 12.7. The molecule has 2 aromatic heterocycles. The number of carbonyl (C=O) groups is 1. The first kappa shape index (κ1) is 18.3. The minimum absolute atomic E-state index is 0.0736. The van der Waals surface area contributed by atoms with Crippen LogP contribution in [0.15, 0.2) is 45.4 Å². The molecule has 0 radical (unpaired) electrons. The number of nitrogens with one attached hydrogen (secondary N) is 1. The molecule has 0 atom stereocenters. The van der Waals surface area contributed by atoms with Crippen LogP contribution < -0.4 is 10.1 Å². The van der Waals surface area contributed by atoms with E-state index in [1.165, 1.54) is 11.3 Å². The van der Waals surface area contributed by atoms with Crippen LogP contribution in [0.25, 0.3) is 0 Å². The summed E-state index contributed by atoms with van der Waals surface area (Å²) in [4.78, 5) is 11.9. The van der Waals surface area contributed by atoms with E-state index in [0.29, 0.717) is 21.3 Å². The van der Waals surface area contributed by atoms with E-state index < -0.39 is 0 Å². The summed E-state index contributed by atoms with van der Waals surface area (Å²) in [5.41, 5.74) is 0.435. The number of thioether (sulfide) groups is 1. The van der Waals surface area contributed by atoms with Gasteiger partial charge in [-0.15, -0.1) is 21.5 Å². The second-order valence-electron chi connectivity index (χ2n) is 4.79. The third-order valence-corrected chi connectivity index (χ3v) is 4.96. The number of hydrogen-bond acceptors (Lipinski definition) is 8. The van der Waals surface area contributed by atoms with Crippen LogP contribution in [0.4, 0.5) is 5.00 Å². The number of hydrogen-bond donors (Lipinski definition) is 1. The van der Waals surface area contributed by atoms with Crippen LogP contribution in [0.5, 0.6) is 5.75 Å². The maximum atomic E-state index is 11.9. The Hall–Kier alpha value is -2.54. The van der Waals surface area contributed by atoms with Gasteiger partial charge in [-0.05, 0) is 23.6 Å². The molecule has 0 aliphatic carbocycles. The monoisotopic (exact) mass is 406 g/mol. The molecule has 26 heavy (non-hydrogen) atoms. The summed E-state index contributed by atoms with van der Waals surface area (Å²) in [6.45, 7) is 0.0736. The van der Waals surface area contributed by atoms with E-state index in [1.54, 1.807) is 35.7 Å². The van der Waals surface area contributed by atoms with Crippen LogP contribution in [0.1, 0.15) is 11.5 Å². The Morgan fingerprint density at radius 1 is 1.38 bits per heavy atom. The summed E-state index contributed by atoms with van der Waals surface area (Å²) < 4.78 is 10.9. The van der Waals surface area contributed by atoms with E-state index in [4.69, 9.17) is 26.0 Å². The maximum Gasteiger partial charge on any atom is 0.277 e. The first-order valence-corrected chi connectivity index (χ1v) is 9.50. The van der Waals surface area contributed by atoms with Crippen molar-refractivity contribution in [1.82, 2.24) is 10.2 Å². The lowest BCUT2D eigenvalue weighted by Gasteiger charge is -2.04. The number of halogens is 1. The van der Waals surface area contributed by atoms with Gasteiger partial charge >= 0.3 is 0 Å². The van der Waals surface area contributed by atoms with Crippen LogP contribution in [0.2, 0.25) is 5.02 Å². The highest BCUT2D eigenvalue weighted by molar-refractivity contribution is 7.99. The van der Waals surface area contributed by atoms with Crippen molar-refractivity contribution in [3.63, 3.8) is 0 Å².